The summed E-state index contributed by atoms with van der Waals surface area (Å²) in [6, 6.07) is 5.53. The number of rotatable bonds is 3. The van der Waals surface area contributed by atoms with E-state index in [0.29, 0.717) is 11.4 Å². The van der Waals surface area contributed by atoms with Gasteiger partial charge in [0.15, 0.2) is 0 Å². The van der Waals surface area contributed by atoms with E-state index >= 15 is 0 Å². The van der Waals surface area contributed by atoms with Gasteiger partial charge in [0.25, 0.3) is 0 Å². The van der Waals surface area contributed by atoms with Gasteiger partial charge in [-0.25, -0.2) is 0 Å². The summed E-state index contributed by atoms with van der Waals surface area (Å²) in [4.78, 5) is 0. The highest BCUT2D eigenvalue weighted by molar-refractivity contribution is 5.79. The number of nitrogens with one attached hydrogen (secondary N) is 1. The zero-order valence-electron chi connectivity index (χ0n) is 7.30. The highest BCUT2D eigenvalue weighted by atomic mass is 14.9. The van der Waals surface area contributed by atoms with Crippen molar-refractivity contribution in [2.75, 3.05) is 23.3 Å². The summed E-state index contributed by atoms with van der Waals surface area (Å²) >= 11 is 0. The molecule has 0 saturated heterocycles. The zero-order chi connectivity index (χ0) is 8.97. The molecule has 1 aromatic carbocycles. The quantitative estimate of drug-likeness (QED) is 0.597. The fraction of sp³-hybridized carbons (Fsp3) is 0.333. The molecule has 0 amide bonds. The minimum Gasteiger partial charge on any atom is -0.397 e. The van der Waals surface area contributed by atoms with Crippen molar-refractivity contribution in [3.63, 3.8) is 0 Å². The van der Waals surface area contributed by atoms with Gasteiger partial charge in [-0.15, -0.1) is 0 Å². The first-order valence-corrected chi connectivity index (χ1v) is 4.13. The number of para-hydroxylation sites is 1. The van der Waals surface area contributed by atoms with Crippen LogP contribution in [-0.2, 0) is 0 Å². The molecule has 0 unspecified atom stereocenters. The maximum absolute atomic E-state index is 5.72. The predicted molar refractivity (Wildman–Crippen MR) is 54.0 cm³/mol. The molecule has 0 aliphatic rings. The van der Waals surface area contributed by atoms with Gasteiger partial charge in [0.1, 0.15) is 0 Å². The molecule has 3 heteroatoms. The minimum atomic E-state index is 0.712. The van der Waals surface area contributed by atoms with Crippen LogP contribution >= 0.6 is 0 Å². The average Bonchev–Trinajstić information content (AvgIpc) is 2.04. The Morgan fingerprint density at radius 1 is 1.25 bits per heavy atom. The lowest BCUT2D eigenvalue weighted by Gasteiger charge is -2.10. The molecule has 3 nitrogen and oxygen atoms in total. The molecule has 0 heterocycles. The van der Waals surface area contributed by atoms with Crippen LogP contribution in [0.15, 0.2) is 18.2 Å². The Morgan fingerprint density at radius 3 is 2.33 bits per heavy atom. The Labute approximate surface area is 72.8 Å². The molecule has 0 atom stereocenters. The molecule has 5 N–H and O–H groups in total. The number of anilines is 3. The van der Waals surface area contributed by atoms with Crippen molar-refractivity contribution in [3.8, 4) is 0 Å². The molecular formula is C9H15N3. The number of hydrogen-bond donors (Lipinski definition) is 3. The summed E-state index contributed by atoms with van der Waals surface area (Å²) in [5, 5.41) is 3.18. The van der Waals surface area contributed by atoms with E-state index in [9.17, 15) is 0 Å². The van der Waals surface area contributed by atoms with Crippen molar-refractivity contribution >= 4 is 17.1 Å². The van der Waals surface area contributed by atoms with Crippen LogP contribution in [0.4, 0.5) is 17.1 Å². The Morgan fingerprint density at radius 2 is 1.83 bits per heavy atom. The van der Waals surface area contributed by atoms with Crippen LogP contribution in [0.25, 0.3) is 0 Å². The second-order valence-corrected chi connectivity index (χ2v) is 2.74. The Hall–Kier alpha value is -1.38. The molecular weight excluding hydrogens is 150 g/mol. The molecule has 0 fully saturated rings. The van der Waals surface area contributed by atoms with Crippen molar-refractivity contribution in [3.05, 3.63) is 18.2 Å². The van der Waals surface area contributed by atoms with Gasteiger partial charge in [0.2, 0.25) is 0 Å². The van der Waals surface area contributed by atoms with E-state index < -0.39 is 0 Å². The summed E-state index contributed by atoms with van der Waals surface area (Å²) in [5.41, 5.74) is 13.7. The number of benzene rings is 1. The van der Waals surface area contributed by atoms with Gasteiger partial charge in [-0.3, -0.25) is 0 Å². The van der Waals surface area contributed by atoms with Crippen LogP contribution in [0.1, 0.15) is 13.3 Å². The molecule has 12 heavy (non-hydrogen) atoms. The van der Waals surface area contributed by atoms with Crippen molar-refractivity contribution < 1.29 is 0 Å². The number of nitrogens with two attached hydrogens (primary N) is 2. The van der Waals surface area contributed by atoms with Crippen LogP contribution in [0.2, 0.25) is 0 Å². The molecule has 0 radical (unpaired) electrons. The predicted octanol–water partition coefficient (Wildman–Crippen LogP) is 1.67. The molecule has 66 valence electrons. The second-order valence-electron chi connectivity index (χ2n) is 2.74. The lowest BCUT2D eigenvalue weighted by molar-refractivity contribution is 0.981. The van der Waals surface area contributed by atoms with E-state index in [1.165, 1.54) is 0 Å². The standard InChI is InChI=1S/C9H15N3/c1-2-6-12-9-7(10)4-3-5-8(9)11/h3-5,12H,2,6,10-11H2,1H3. The number of hydrogen-bond acceptors (Lipinski definition) is 3. The third-order valence-corrected chi connectivity index (χ3v) is 1.68. The topological polar surface area (TPSA) is 64.1 Å². The van der Waals surface area contributed by atoms with Crippen molar-refractivity contribution in [2.24, 2.45) is 0 Å². The summed E-state index contributed by atoms with van der Waals surface area (Å²) in [7, 11) is 0. The van der Waals surface area contributed by atoms with Gasteiger partial charge in [0, 0.05) is 6.54 Å². The van der Waals surface area contributed by atoms with Gasteiger partial charge in [-0.2, -0.15) is 0 Å². The Balaban J connectivity index is 2.81. The van der Waals surface area contributed by atoms with Crippen LogP contribution in [0.3, 0.4) is 0 Å². The van der Waals surface area contributed by atoms with E-state index in [1.807, 2.05) is 18.2 Å². The van der Waals surface area contributed by atoms with Gasteiger partial charge in [0.05, 0.1) is 17.1 Å². The van der Waals surface area contributed by atoms with Crippen LogP contribution in [-0.4, -0.2) is 6.54 Å². The van der Waals surface area contributed by atoms with E-state index in [-0.39, 0.29) is 0 Å². The van der Waals surface area contributed by atoms with Gasteiger partial charge in [-0.05, 0) is 18.6 Å². The smallest absolute Gasteiger partial charge is 0.0807 e. The lowest BCUT2D eigenvalue weighted by atomic mass is 10.2. The van der Waals surface area contributed by atoms with E-state index in [4.69, 9.17) is 11.5 Å². The maximum atomic E-state index is 5.72. The van der Waals surface area contributed by atoms with Crippen LogP contribution < -0.4 is 16.8 Å². The fourth-order valence-corrected chi connectivity index (χ4v) is 1.04. The molecule has 1 aromatic rings. The minimum absolute atomic E-state index is 0.712. The largest absolute Gasteiger partial charge is 0.397 e. The van der Waals surface area contributed by atoms with Gasteiger partial charge >= 0.3 is 0 Å². The normalized spacial score (nSPS) is 9.75. The maximum Gasteiger partial charge on any atom is 0.0807 e. The highest BCUT2D eigenvalue weighted by Crippen LogP contribution is 2.24. The SMILES string of the molecule is CCCNc1c(N)cccc1N. The molecule has 0 saturated carbocycles. The second kappa shape index (κ2) is 3.85. The van der Waals surface area contributed by atoms with E-state index in [2.05, 4.69) is 12.2 Å². The first-order chi connectivity index (χ1) is 5.75. The van der Waals surface area contributed by atoms with Crippen molar-refractivity contribution in [1.29, 1.82) is 0 Å². The summed E-state index contributed by atoms with van der Waals surface area (Å²) in [5.74, 6) is 0. The molecule has 0 spiro atoms. The van der Waals surface area contributed by atoms with Crippen molar-refractivity contribution in [2.45, 2.75) is 13.3 Å². The average molecular weight is 165 g/mol. The van der Waals surface area contributed by atoms with Gasteiger partial charge in [-0.1, -0.05) is 13.0 Å². The lowest BCUT2D eigenvalue weighted by Crippen LogP contribution is -2.05. The molecule has 0 bridgehead atoms. The molecule has 0 aromatic heterocycles. The Kier molecular flexibility index (Phi) is 2.80. The summed E-state index contributed by atoms with van der Waals surface area (Å²) < 4.78 is 0. The number of nitrogen functional groups attached to an aromatic ring is 2. The molecule has 1 rings (SSSR count). The summed E-state index contributed by atoms with van der Waals surface area (Å²) in [6.07, 6.45) is 1.06. The fourth-order valence-electron chi connectivity index (χ4n) is 1.04. The monoisotopic (exact) mass is 165 g/mol. The Bertz CT molecular complexity index is 238. The zero-order valence-corrected chi connectivity index (χ0v) is 7.30. The highest BCUT2D eigenvalue weighted by Gasteiger charge is 2.00. The third kappa shape index (κ3) is 1.81. The van der Waals surface area contributed by atoms with Crippen molar-refractivity contribution in [1.82, 2.24) is 0 Å². The van der Waals surface area contributed by atoms with Gasteiger partial charge < -0.3 is 16.8 Å². The first kappa shape index (κ1) is 8.71. The van der Waals surface area contributed by atoms with Crippen LogP contribution in [0, 0.1) is 0 Å². The first-order valence-electron chi connectivity index (χ1n) is 4.13. The van der Waals surface area contributed by atoms with E-state index in [0.717, 1.165) is 18.7 Å². The third-order valence-electron chi connectivity index (χ3n) is 1.68. The molecule has 0 aliphatic heterocycles. The van der Waals surface area contributed by atoms with Crippen LogP contribution in [0.5, 0.6) is 0 Å². The summed E-state index contributed by atoms with van der Waals surface area (Å²) in [6.45, 7) is 3.00. The van der Waals surface area contributed by atoms with E-state index in [1.54, 1.807) is 0 Å². The molecule has 0 aliphatic carbocycles.